The van der Waals surface area contributed by atoms with Crippen LogP contribution in [-0.2, 0) is 32.9 Å². The molecule has 9 heteroatoms. The molecule has 0 bridgehead atoms. The van der Waals surface area contributed by atoms with Crippen molar-refractivity contribution in [3.8, 4) is 0 Å². The fourth-order valence-electron chi connectivity index (χ4n) is 2.82. The summed E-state index contributed by atoms with van der Waals surface area (Å²) in [4.78, 5) is 13.4. The predicted octanol–water partition coefficient (Wildman–Crippen LogP) is 0.736. The van der Waals surface area contributed by atoms with Gasteiger partial charge in [-0.1, -0.05) is 12.1 Å². The fourth-order valence-corrected chi connectivity index (χ4v) is 3.10. The lowest BCUT2D eigenvalue weighted by atomic mass is 9.82. The molecule has 0 spiro atoms. The topological polar surface area (TPSA) is 90.9 Å². The number of nitrogens with one attached hydrogen (secondary N) is 2. The first kappa shape index (κ1) is 19.9. The second-order valence-corrected chi connectivity index (χ2v) is 7.00. The molecule has 0 saturated carbocycles. The molecule has 1 saturated heterocycles. The second-order valence-electron chi connectivity index (χ2n) is 6.21. The molecule has 1 amide bonds. The number of nitrogens with zero attached hydrogens (tertiary/aromatic N) is 1. The highest BCUT2D eigenvalue weighted by Gasteiger charge is 2.35. The normalized spacial score (nSPS) is 17.9. The maximum Gasteiger partial charge on any atom is 0.236 e. The summed E-state index contributed by atoms with van der Waals surface area (Å²) in [7, 11) is 3.38. The molecule has 1 unspecified atom stereocenters. The van der Waals surface area contributed by atoms with E-state index in [0.717, 1.165) is 5.56 Å². The third-order valence-corrected chi connectivity index (χ3v) is 4.81. The van der Waals surface area contributed by atoms with Gasteiger partial charge in [0.05, 0.1) is 6.54 Å². The van der Waals surface area contributed by atoms with Gasteiger partial charge in [-0.15, -0.1) is 0 Å². The van der Waals surface area contributed by atoms with E-state index in [-0.39, 0.29) is 19.0 Å². The molecule has 0 radical (unpaired) electrons. The van der Waals surface area contributed by atoms with Crippen LogP contribution < -0.4 is 10.0 Å². The van der Waals surface area contributed by atoms with Crippen LogP contribution in [0.5, 0.6) is 0 Å². The molecular formula is C16H24FN3O4S. The summed E-state index contributed by atoms with van der Waals surface area (Å²) in [6.07, 6.45) is 1.26. The van der Waals surface area contributed by atoms with E-state index < -0.39 is 22.6 Å². The zero-order chi connectivity index (χ0) is 18.4. The number of likely N-dealkylation sites (N-methyl/N-ethyl adjacent to an activating group) is 1. The van der Waals surface area contributed by atoms with Crippen LogP contribution in [0.1, 0.15) is 24.0 Å². The fraction of sp³-hybridized carbons (Fsp3) is 0.562. The summed E-state index contributed by atoms with van der Waals surface area (Å²) in [6, 6.07) is 4.81. The molecule has 7 nitrogen and oxygen atoms in total. The maximum absolute atomic E-state index is 14.4. The molecule has 1 heterocycles. The first-order valence-electron chi connectivity index (χ1n) is 8.00. The number of ether oxygens (including phenoxy) is 1. The lowest BCUT2D eigenvalue weighted by Crippen LogP contribution is -2.50. The Bertz CT molecular complexity index is 636. The van der Waals surface area contributed by atoms with Crippen LogP contribution in [0.2, 0.25) is 0 Å². The minimum atomic E-state index is -2.19. The van der Waals surface area contributed by atoms with Gasteiger partial charge in [0.1, 0.15) is 5.82 Å². The minimum Gasteiger partial charge on any atom is -0.381 e. The van der Waals surface area contributed by atoms with Crippen molar-refractivity contribution in [1.29, 1.82) is 0 Å². The summed E-state index contributed by atoms with van der Waals surface area (Å²) < 4.78 is 41.5. The van der Waals surface area contributed by atoms with Crippen LogP contribution in [0.15, 0.2) is 18.2 Å². The number of hydrogen-bond donors (Lipinski definition) is 3. The summed E-state index contributed by atoms with van der Waals surface area (Å²) >= 11 is -2.19. The third-order valence-electron chi connectivity index (χ3n) is 4.41. The minimum absolute atomic E-state index is 0.0438. The van der Waals surface area contributed by atoms with Gasteiger partial charge >= 0.3 is 0 Å². The Morgan fingerprint density at radius 2 is 2.08 bits per heavy atom. The first-order valence-corrected chi connectivity index (χ1v) is 9.11. The van der Waals surface area contributed by atoms with Crippen LogP contribution in [-0.4, -0.2) is 53.4 Å². The molecular weight excluding hydrogens is 349 g/mol. The molecule has 3 N–H and O–H groups in total. The van der Waals surface area contributed by atoms with Crippen molar-refractivity contribution in [3.05, 3.63) is 35.1 Å². The van der Waals surface area contributed by atoms with Crippen molar-refractivity contribution in [2.24, 2.45) is 0 Å². The van der Waals surface area contributed by atoms with Crippen LogP contribution in [0.4, 0.5) is 4.39 Å². The average molecular weight is 373 g/mol. The van der Waals surface area contributed by atoms with E-state index in [1.165, 1.54) is 11.0 Å². The van der Waals surface area contributed by atoms with Gasteiger partial charge in [0.15, 0.2) is 0 Å². The molecule has 1 aliphatic heterocycles. The van der Waals surface area contributed by atoms with Gasteiger partial charge in [-0.25, -0.2) is 13.3 Å². The van der Waals surface area contributed by atoms with Crippen molar-refractivity contribution in [2.75, 3.05) is 33.9 Å². The molecule has 1 fully saturated rings. The van der Waals surface area contributed by atoms with Crippen molar-refractivity contribution in [3.63, 3.8) is 0 Å². The van der Waals surface area contributed by atoms with Crippen molar-refractivity contribution in [2.45, 2.75) is 24.9 Å². The molecule has 140 valence electrons. The molecule has 25 heavy (non-hydrogen) atoms. The van der Waals surface area contributed by atoms with Gasteiger partial charge in [0.25, 0.3) is 0 Å². The standard InChI is InChI=1S/C16H24FN3O4S/c1-20(2)15(21)11-18-16(5-7-24-8-6-16)13-4-3-12(14(17)9-13)10-19-25(22)23/h3-4,9,18-19H,5-8,10-11H2,1-2H3,(H,22,23). The maximum atomic E-state index is 14.4. The highest BCUT2D eigenvalue weighted by atomic mass is 32.2. The smallest absolute Gasteiger partial charge is 0.236 e. The van der Waals surface area contributed by atoms with Crippen molar-refractivity contribution < 1.29 is 22.7 Å². The highest BCUT2D eigenvalue weighted by Crippen LogP contribution is 2.33. The summed E-state index contributed by atoms with van der Waals surface area (Å²) in [5.74, 6) is -0.514. The number of amides is 1. The van der Waals surface area contributed by atoms with Gasteiger partial charge in [-0.3, -0.25) is 14.7 Å². The quantitative estimate of drug-likeness (QED) is 0.613. The number of hydrogen-bond acceptors (Lipinski definition) is 4. The van der Waals surface area contributed by atoms with E-state index >= 15 is 0 Å². The first-order chi connectivity index (χ1) is 11.8. The van der Waals surface area contributed by atoms with Gasteiger partial charge < -0.3 is 9.64 Å². The average Bonchev–Trinajstić information content (AvgIpc) is 2.59. The predicted molar refractivity (Wildman–Crippen MR) is 92.4 cm³/mol. The Morgan fingerprint density at radius 3 is 2.64 bits per heavy atom. The summed E-state index contributed by atoms with van der Waals surface area (Å²) in [5, 5.41) is 3.29. The Labute approximate surface area is 149 Å². The van der Waals surface area contributed by atoms with Crippen LogP contribution in [0, 0.1) is 5.82 Å². The monoisotopic (exact) mass is 373 g/mol. The summed E-state index contributed by atoms with van der Waals surface area (Å²) in [5.41, 5.74) is 0.516. The number of halogens is 1. The Morgan fingerprint density at radius 1 is 1.40 bits per heavy atom. The number of carbonyl (C=O) groups is 1. The van der Waals surface area contributed by atoms with Crippen molar-refractivity contribution in [1.82, 2.24) is 14.9 Å². The molecule has 0 aliphatic carbocycles. The Hall–Kier alpha value is -1.39. The second kappa shape index (κ2) is 8.81. The van der Waals surface area contributed by atoms with Gasteiger partial charge in [-0.05, 0) is 24.5 Å². The molecule has 1 aromatic rings. The SMILES string of the molecule is CN(C)C(=O)CNC1(c2ccc(CNS(=O)O)c(F)c2)CCOCC1. The largest absolute Gasteiger partial charge is 0.381 e. The zero-order valence-corrected chi connectivity index (χ0v) is 15.2. The number of rotatable bonds is 7. The van der Waals surface area contributed by atoms with Gasteiger partial charge in [0, 0.05) is 45.0 Å². The van der Waals surface area contributed by atoms with E-state index in [2.05, 4.69) is 10.0 Å². The van der Waals surface area contributed by atoms with Crippen LogP contribution in [0.3, 0.4) is 0 Å². The van der Waals surface area contributed by atoms with E-state index in [4.69, 9.17) is 9.29 Å². The lowest BCUT2D eigenvalue weighted by molar-refractivity contribution is -0.128. The Balaban J connectivity index is 2.20. The van der Waals surface area contributed by atoms with Gasteiger partial charge in [-0.2, -0.15) is 0 Å². The Kier molecular flexibility index (Phi) is 7.03. The molecule has 1 aromatic carbocycles. The zero-order valence-electron chi connectivity index (χ0n) is 14.4. The molecule has 1 aliphatic rings. The van der Waals surface area contributed by atoms with Crippen LogP contribution in [0.25, 0.3) is 0 Å². The van der Waals surface area contributed by atoms with Crippen LogP contribution >= 0.6 is 0 Å². The van der Waals surface area contributed by atoms with E-state index in [9.17, 15) is 13.4 Å². The molecule has 2 rings (SSSR count). The number of carbonyl (C=O) groups excluding carboxylic acids is 1. The number of benzene rings is 1. The van der Waals surface area contributed by atoms with Gasteiger partial charge in [0.2, 0.25) is 17.2 Å². The van der Waals surface area contributed by atoms with E-state index in [1.54, 1.807) is 26.2 Å². The van der Waals surface area contributed by atoms with Crippen molar-refractivity contribution >= 4 is 17.2 Å². The molecule has 0 aromatic heterocycles. The summed E-state index contributed by atoms with van der Waals surface area (Å²) in [6.45, 7) is 1.16. The third kappa shape index (κ3) is 5.29. The highest BCUT2D eigenvalue weighted by molar-refractivity contribution is 7.77. The van der Waals surface area contributed by atoms with E-state index in [0.29, 0.717) is 31.6 Å². The van der Waals surface area contributed by atoms with E-state index in [1.807, 2.05) is 0 Å². The lowest BCUT2D eigenvalue weighted by Gasteiger charge is -2.39. The molecule has 1 atom stereocenters.